The number of hydrogen-bond donors (Lipinski definition) is 2. The van der Waals surface area contributed by atoms with Gasteiger partial charge in [-0.25, -0.2) is 0 Å². The van der Waals surface area contributed by atoms with Gasteiger partial charge in [-0.05, 0) is 78.2 Å². The average molecular weight is 286 g/mol. The molecule has 0 saturated carbocycles. The van der Waals surface area contributed by atoms with E-state index >= 15 is 0 Å². The van der Waals surface area contributed by atoms with Crippen LogP contribution in [0.3, 0.4) is 0 Å². The first-order chi connectivity index (χ1) is 9.83. The van der Waals surface area contributed by atoms with E-state index in [4.69, 9.17) is 5.73 Å². The van der Waals surface area contributed by atoms with Crippen molar-refractivity contribution < 1.29 is 0 Å². The fourth-order valence-electron chi connectivity index (χ4n) is 3.04. The topological polar surface area (TPSA) is 38.0 Å². The van der Waals surface area contributed by atoms with E-state index in [-0.39, 0.29) is 0 Å². The Bertz CT molecular complexity index is 548. The summed E-state index contributed by atoms with van der Waals surface area (Å²) < 4.78 is 0. The van der Waals surface area contributed by atoms with E-state index in [1.54, 1.807) is 11.3 Å². The Balaban J connectivity index is 1.46. The van der Waals surface area contributed by atoms with Gasteiger partial charge < -0.3 is 11.1 Å². The third kappa shape index (κ3) is 3.22. The predicted molar refractivity (Wildman–Crippen MR) is 87.3 cm³/mol. The summed E-state index contributed by atoms with van der Waals surface area (Å²) in [5.41, 5.74) is 11.3. The fourth-order valence-corrected chi connectivity index (χ4v) is 3.75. The lowest BCUT2D eigenvalue weighted by Gasteiger charge is -2.26. The van der Waals surface area contributed by atoms with E-state index in [1.165, 1.54) is 36.0 Å². The SMILES string of the molecule is Nc1cccc2c1CCC(NCCCc1ccsc1)C2. The number of hydrogen-bond acceptors (Lipinski definition) is 3. The second-order valence-electron chi connectivity index (χ2n) is 5.61. The van der Waals surface area contributed by atoms with Crippen molar-refractivity contribution in [3.63, 3.8) is 0 Å². The molecule has 20 heavy (non-hydrogen) atoms. The van der Waals surface area contributed by atoms with Gasteiger partial charge in [0, 0.05) is 11.7 Å². The maximum Gasteiger partial charge on any atom is 0.0349 e. The van der Waals surface area contributed by atoms with E-state index in [0.29, 0.717) is 6.04 Å². The third-order valence-corrected chi connectivity index (χ3v) is 4.91. The molecule has 0 saturated heterocycles. The van der Waals surface area contributed by atoms with Gasteiger partial charge in [0.15, 0.2) is 0 Å². The first-order valence-electron chi connectivity index (χ1n) is 7.43. The van der Waals surface area contributed by atoms with Crippen LogP contribution in [0.1, 0.15) is 29.5 Å². The van der Waals surface area contributed by atoms with Gasteiger partial charge >= 0.3 is 0 Å². The Morgan fingerprint density at radius 2 is 2.25 bits per heavy atom. The number of rotatable bonds is 5. The molecule has 0 aliphatic heterocycles. The van der Waals surface area contributed by atoms with Crippen LogP contribution >= 0.6 is 11.3 Å². The van der Waals surface area contributed by atoms with Crippen molar-refractivity contribution in [2.45, 2.75) is 38.1 Å². The van der Waals surface area contributed by atoms with Crippen LogP contribution in [0.2, 0.25) is 0 Å². The standard InChI is InChI=1S/C17H22N2S/c18-17-5-1-4-14-11-15(6-7-16(14)17)19-9-2-3-13-8-10-20-12-13/h1,4-5,8,10,12,15,19H,2-3,6-7,9,11,18H2. The van der Waals surface area contributed by atoms with Crippen molar-refractivity contribution in [1.29, 1.82) is 0 Å². The summed E-state index contributed by atoms with van der Waals surface area (Å²) in [6.45, 7) is 1.11. The van der Waals surface area contributed by atoms with Crippen molar-refractivity contribution in [3.05, 3.63) is 51.7 Å². The van der Waals surface area contributed by atoms with E-state index in [9.17, 15) is 0 Å². The van der Waals surface area contributed by atoms with E-state index in [0.717, 1.165) is 25.1 Å². The van der Waals surface area contributed by atoms with E-state index < -0.39 is 0 Å². The Morgan fingerprint density at radius 3 is 3.10 bits per heavy atom. The second-order valence-corrected chi connectivity index (χ2v) is 6.39. The van der Waals surface area contributed by atoms with Crippen LogP contribution in [0.4, 0.5) is 5.69 Å². The average Bonchev–Trinajstić information content (AvgIpc) is 2.97. The molecule has 106 valence electrons. The molecule has 1 aliphatic carbocycles. The summed E-state index contributed by atoms with van der Waals surface area (Å²) >= 11 is 1.79. The van der Waals surface area contributed by atoms with E-state index in [1.807, 2.05) is 6.07 Å². The minimum Gasteiger partial charge on any atom is -0.398 e. The number of nitrogens with two attached hydrogens (primary N) is 1. The minimum absolute atomic E-state index is 0.617. The van der Waals surface area contributed by atoms with Crippen LogP contribution in [-0.4, -0.2) is 12.6 Å². The number of nitrogen functional groups attached to an aromatic ring is 1. The largest absolute Gasteiger partial charge is 0.398 e. The van der Waals surface area contributed by atoms with Crippen molar-refractivity contribution in [1.82, 2.24) is 5.32 Å². The molecular weight excluding hydrogens is 264 g/mol. The number of thiophene rings is 1. The highest BCUT2D eigenvalue weighted by atomic mass is 32.1. The number of aryl methyl sites for hydroxylation is 1. The number of anilines is 1. The zero-order valence-electron chi connectivity index (χ0n) is 11.8. The van der Waals surface area contributed by atoms with Crippen LogP contribution in [-0.2, 0) is 19.3 Å². The molecular formula is C17H22N2S. The number of benzene rings is 1. The van der Waals surface area contributed by atoms with Gasteiger partial charge in [0.1, 0.15) is 0 Å². The second kappa shape index (κ2) is 6.42. The Labute approximate surface area is 125 Å². The van der Waals surface area contributed by atoms with E-state index in [2.05, 4.69) is 34.3 Å². The molecule has 1 aromatic heterocycles. The van der Waals surface area contributed by atoms with Crippen molar-refractivity contribution >= 4 is 17.0 Å². The molecule has 0 bridgehead atoms. The van der Waals surface area contributed by atoms with Gasteiger partial charge in [-0.1, -0.05) is 12.1 Å². The normalized spacial score (nSPS) is 17.9. The van der Waals surface area contributed by atoms with Gasteiger partial charge in [0.05, 0.1) is 0 Å². The molecule has 2 aromatic rings. The van der Waals surface area contributed by atoms with Gasteiger partial charge in [-0.2, -0.15) is 11.3 Å². The summed E-state index contributed by atoms with van der Waals surface area (Å²) in [5.74, 6) is 0. The van der Waals surface area contributed by atoms with Gasteiger partial charge in [0.2, 0.25) is 0 Å². The quantitative estimate of drug-likeness (QED) is 0.653. The summed E-state index contributed by atoms with van der Waals surface area (Å²) in [6, 6.07) is 9.17. The number of nitrogens with one attached hydrogen (secondary N) is 1. The Kier molecular flexibility index (Phi) is 4.38. The lowest BCUT2D eigenvalue weighted by molar-refractivity contribution is 0.455. The molecule has 0 spiro atoms. The highest BCUT2D eigenvalue weighted by molar-refractivity contribution is 7.07. The zero-order valence-corrected chi connectivity index (χ0v) is 12.6. The maximum atomic E-state index is 6.04. The molecule has 1 aliphatic rings. The van der Waals surface area contributed by atoms with Gasteiger partial charge in [-0.3, -0.25) is 0 Å². The van der Waals surface area contributed by atoms with Crippen molar-refractivity contribution in [2.75, 3.05) is 12.3 Å². The van der Waals surface area contributed by atoms with Crippen LogP contribution in [0.25, 0.3) is 0 Å². The predicted octanol–water partition coefficient (Wildman–Crippen LogP) is 3.41. The van der Waals surface area contributed by atoms with Crippen molar-refractivity contribution in [2.24, 2.45) is 0 Å². The smallest absolute Gasteiger partial charge is 0.0349 e. The Morgan fingerprint density at radius 1 is 1.30 bits per heavy atom. The molecule has 1 atom stereocenters. The lowest BCUT2D eigenvalue weighted by atomic mass is 9.87. The molecule has 2 nitrogen and oxygen atoms in total. The van der Waals surface area contributed by atoms with Gasteiger partial charge in [0.25, 0.3) is 0 Å². The summed E-state index contributed by atoms with van der Waals surface area (Å²) in [6.07, 6.45) is 5.85. The first kappa shape index (κ1) is 13.7. The van der Waals surface area contributed by atoms with Crippen LogP contribution in [0.5, 0.6) is 0 Å². The van der Waals surface area contributed by atoms with Crippen LogP contribution in [0, 0.1) is 0 Å². The van der Waals surface area contributed by atoms with Crippen molar-refractivity contribution in [3.8, 4) is 0 Å². The molecule has 1 unspecified atom stereocenters. The van der Waals surface area contributed by atoms with Crippen LogP contribution in [0.15, 0.2) is 35.0 Å². The molecule has 3 N–H and O–H groups in total. The molecule has 0 radical (unpaired) electrons. The minimum atomic E-state index is 0.617. The first-order valence-corrected chi connectivity index (χ1v) is 8.38. The highest BCUT2D eigenvalue weighted by Crippen LogP contribution is 2.26. The third-order valence-electron chi connectivity index (χ3n) is 4.17. The summed E-state index contributed by atoms with van der Waals surface area (Å²) in [4.78, 5) is 0. The lowest BCUT2D eigenvalue weighted by Crippen LogP contribution is -2.35. The molecule has 1 heterocycles. The van der Waals surface area contributed by atoms with Crippen LogP contribution < -0.4 is 11.1 Å². The van der Waals surface area contributed by atoms with Gasteiger partial charge in [-0.15, -0.1) is 0 Å². The highest BCUT2D eigenvalue weighted by Gasteiger charge is 2.19. The molecule has 1 aromatic carbocycles. The summed E-state index contributed by atoms with van der Waals surface area (Å²) in [7, 11) is 0. The Hall–Kier alpha value is -1.32. The summed E-state index contributed by atoms with van der Waals surface area (Å²) in [5, 5.41) is 8.11. The maximum absolute atomic E-state index is 6.04. The molecule has 0 fully saturated rings. The molecule has 3 heteroatoms. The molecule has 3 rings (SSSR count). The zero-order chi connectivity index (χ0) is 13.8. The fraction of sp³-hybridized carbons (Fsp3) is 0.412. The monoisotopic (exact) mass is 286 g/mol. The number of fused-ring (bicyclic) bond motifs is 1. The molecule has 0 amide bonds.